The Hall–Kier alpha value is -1.06. The van der Waals surface area contributed by atoms with Gasteiger partial charge in [0.05, 0.1) is 0 Å². The van der Waals surface area contributed by atoms with Crippen LogP contribution >= 0.6 is 0 Å². The third-order valence-electron chi connectivity index (χ3n) is 2.19. The molecule has 0 fully saturated rings. The standard InChI is InChI=1S/C11H18N2O/c1-9-4-2-5-10(11(9)14)8-13-7-3-6-12/h2,4-5,13-14H,3,6-8,12H2,1H3. The first-order chi connectivity index (χ1) is 6.75. The van der Waals surface area contributed by atoms with E-state index >= 15 is 0 Å². The van der Waals surface area contributed by atoms with Crippen molar-refractivity contribution >= 4 is 0 Å². The van der Waals surface area contributed by atoms with Gasteiger partial charge < -0.3 is 16.2 Å². The molecule has 1 aromatic rings. The molecule has 0 heterocycles. The normalized spacial score (nSPS) is 10.4. The SMILES string of the molecule is Cc1cccc(CNCCCN)c1O. The van der Waals surface area contributed by atoms with E-state index < -0.39 is 0 Å². The number of aromatic hydroxyl groups is 1. The molecule has 0 aliphatic rings. The first-order valence-electron chi connectivity index (χ1n) is 4.94. The summed E-state index contributed by atoms with van der Waals surface area (Å²) < 4.78 is 0. The molecule has 0 aliphatic heterocycles. The molecule has 0 amide bonds. The lowest BCUT2D eigenvalue weighted by molar-refractivity contribution is 0.460. The highest BCUT2D eigenvalue weighted by molar-refractivity contribution is 5.39. The van der Waals surface area contributed by atoms with Crippen LogP contribution in [0.2, 0.25) is 0 Å². The smallest absolute Gasteiger partial charge is 0.122 e. The van der Waals surface area contributed by atoms with Crippen molar-refractivity contribution < 1.29 is 5.11 Å². The number of phenolic OH excluding ortho intramolecular Hbond substituents is 1. The molecular weight excluding hydrogens is 176 g/mol. The molecule has 4 N–H and O–H groups in total. The van der Waals surface area contributed by atoms with Crippen LogP contribution in [0.4, 0.5) is 0 Å². The van der Waals surface area contributed by atoms with E-state index in [0.29, 0.717) is 18.8 Å². The number of phenols is 1. The third kappa shape index (κ3) is 3.01. The number of rotatable bonds is 5. The van der Waals surface area contributed by atoms with Gasteiger partial charge in [0.1, 0.15) is 5.75 Å². The van der Waals surface area contributed by atoms with Crippen LogP contribution in [0.15, 0.2) is 18.2 Å². The molecule has 0 radical (unpaired) electrons. The van der Waals surface area contributed by atoms with Crippen LogP contribution in [-0.4, -0.2) is 18.2 Å². The van der Waals surface area contributed by atoms with Crippen LogP contribution in [0.5, 0.6) is 5.75 Å². The Bertz CT molecular complexity index is 287. The molecule has 3 heteroatoms. The molecule has 0 saturated heterocycles. The third-order valence-corrected chi connectivity index (χ3v) is 2.19. The molecule has 78 valence electrons. The van der Waals surface area contributed by atoms with Gasteiger partial charge in [0.25, 0.3) is 0 Å². The van der Waals surface area contributed by atoms with Crippen LogP contribution in [0.25, 0.3) is 0 Å². The predicted octanol–water partition coefficient (Wildman–Crippen LogP) is 1.14. The Morgan fingerprint density at radius 1 is 1.43 bits per heavy atom. The number of nitrogens with two attached hydrogens (primary N) is 1. The Labute approximate surface area is 84.9 Å². The van der Waals surface area contributed by atoms with Gasteiger partial charge in [0, 0.05) is 12.1 Å². The van der Waals surface area contributed by atoms with E-state index in [1.54, 1.807) is 0 Å². The highest BCUT2D eigenvalue weighted by atomic mass is 16.3. The molecular formula is C11H18N2O. The van der Waals surface area contributed by atoms with Gasteiger partial charge in [-0.1, -0.05) is 18.2 Å². The van der Waals surface area contributed by atoms with Crippen molar-refractivity contribution in [2.24, 2.45) is 5.73 Å². The molecule has 0 aromatic heterocycles. The van der Waals surface area contributed by atoms with Gasteiger partial charge in [-0.2, -0.15) is 0 Å². The van der Waals surface area contributed by atoms with E-state index in [9.17, 15) is 5.11 Å². The molecule has 0 bridgehead atoms. The number of nitrogens with one attached hydrogen (secondary N) is 1. The van der Waals surface area contributed by atoms with Crippen LogP contribution in [-0.2, 0) is 6.54 Å². The quantitative estimate of drug-likeness (QED) is 0.616. The fourth-order valence-corrected chi connectivity index (χ4v) is 1.31. The van der Waals surface area contributed by atoms with E-state index in [4.69, 9.17) is 5.73 Å². The zero-order valence-electron chi connectivity index (χ0n) is 8.59. The van der Waals surface area contributed by atoms with E-state index in [-0.39, 0.29) is 0 Å². The number of para-hydroxylation sites is 1. The maximum Gasteiger partial charge on any atom is 0.122 e. The van der Waals surface area contributed by atoms with Crippen molar-refractivity contribution in [2.75, 3.05) is 13.1 Å². The number of hydrogen-bond acceptors (Lipinski definition) is 3. The maximum atomic E-state index is 9.69. The number of hydrogen-bond donors (Lipinski definition) is 3. The summed E-state index contributed by atoms with van der Waals surface area (Å²) in [6.45, 7) is 4.20. The summed E-state index contributed by atoms with van der Waals surface area (Å²) in [4.78, 5) is 0. The highest BCUT2D eigenvalue weighted by Crippen LogP contribution is 2.20. The van der Waals surface area contributed by atoms with E-state index in [1.807, 2.05) is 25.1 Å². The first kappa shape index (κ1) is 11.0. The van der Waals surface area contributed by atoms with Crippen LogP contribution in [0, 0.1) is 6.92 Å². The molecule has 1 aromatic carbocycles. The summed E-state index contributed by atoms with van der Waals surface area (Å²) in [5.41, 5.74) is 7.24. The van der Waals surface area contributed by atoms with Gasteiger partial charge in [-0.3, -0.25) is 0 Å². The fourth-order valence-electron chi connectivity index (χ4n) is 1.31. The van der Waals surface area contributed by atoms with Crippen LogP contribution in [0.1, 0.15) is 17.5 Å². The van der Waals surface area contributed by atoms with Crippen molar-refractivity contribution in [3.8, 4) is 5.75 Å². The second-order valence-corrected chi connectivity index (χ2v) is 3.40. The molecule has 3 nitrogen and oxygen atoms in total. The molecule has 0 unspecified atom stereocenters. The van der Waals surface area contributed by atoms with Crippen molar-refractivity contribution in [3.05, 3.63) is 29.3 Å². The average Bonchev–Trinajstić information content (AvgIpc) is 2.19. The van der Waals surface area contributed by atoms with Gasteiger partial charge in [-0.25, -0.2) is 0 Å². The Balaban J connectivity index is 2.46. The highest BCUT2D eigenvalue weighted by Gasteiger charge is 2.01. The van der Waals surface area contributed by atoms with Crippen LogP contribution in [0.3, 0.4) is 0 Å². The monoisotopic (exact) mass is 194 g/mol. The Morgan fingerprint density at radius 3 is 2.93 bits per heavy atom. The minimum Gasteiger partial charge on any atom is -0.507 e. The molecule has 0 aliphatic carbocycles. The van der Waals surface area contributed by atoms with Gasteiger partial charge in [-0.05, 0) is 32.0 Å². The first-order valence-corrected chi connectivity index (χ1v) is 4.94. The lowest BCUT2D eigenvalue weighted by atomic mass is 10.1. The van der Waals surface area contributed by atoms with E-state index in [2.05, 4.69) is 5.32 Å². The zero-order chi connectivity index (χ0) is 10.4. The fraction of sp³-hybridized carbons (Fsp3) is 0.455. The second-order valence-electron chi connectivity index (χ2n) is 3.40. The minimum atomic E-state index is 0.396. The van der Waals surface area contributed by atoms with Crippen molar-refractivity contribution in [3.63, 3.8) is 0 Å². The average molecular weight is 194 g/mol. The molecule has 14 heavy (non-hydrogen) atoms. The Kier molecular flexibility index (Phi) is 4.43. The summed E-state index contributed by atoms with van der Waals surface area (Å²) in [5.74, 6) is 0.396. The number of benzene rings is 1. The summed E-state index contributed by atoms with van der Waals surface area (Å²) in [5, 5.41) is 12.9. The molecule has 0 saturated carbocycles. The van der Waals surface area contributed by atoms with E-state index in [0.717, 1.165) is 24.1 Å². The van der Waals surface area contributed by atoms with Crippen LogP contribution < -0.4 is 11.1 Å². The van der Waals surface area contributed by atoms with Gasteiger partial charge in [0.2, 0.25) is 0 Å². The van der Waals surface area contributed by atoms with Crippen molar-refractivity contribution in [1.29, 1.82) is 0 Å². The van der Waals surface area contributed by atoms with E-state index in [1.165, 1.54) is 0 Å². The lowest BCUT2D eigenvalue weighted by Crippen LogP contribution is -2.17. The minimum absolute atomic E-state index is 0.396. The van der Waals surface area contributed by atoms with Gasteiger partial charge >= 0.3 is 0 Å². The molecule has 0 spiro atoms. The summed E-state index contributed by atoms with van der Waals surface area (Å²) in [7, 11) is 0. The topological polar surface area (TPSA) is 58.3 Å². The summed E-state index contributed by atoms with van der Waals surface area (Å²) >= 11 is 0. The summed E-state index contributed by atoms with van der Waals surface area (Å²) in [6.07, 6.45) is 0.965. The largest absolute Gasteiger partial charge is 0.507 e. The van der Waals surface area contributed by atoms with Crippen molar-refractivity contribution in [2.45, 2.75) is 19.9 Å². The summed E-state index contributed by atoms with van der Waals surface area (Å²) in [6, 6.07) is 5.78. The molecule has 0 atom stereocenters. The maximum absolute atomic E-state index is 9.69. The molecule has 1 rings (SSSR count). The zero-order valence-corrected chi connectivity index (χ0v) is 8.59. The van der Waals surface area contributed by atoms with Crippen molar-refractivity contribution in [1.82, 2.24) is 5.32 Å². The second kappa shape index (κ2) is 5.62. The number of aryl methyl sites for hydroxylation is 1. The lowest BCUT2D eigenvalue weighted by Gasteiger charge is -2.07. The predicted molar refractivity (Wildman–Crippen MR) is 58.2 cm³/mol. The van der Waals surface area contributed by atoms with Gasteiger partial charge in [0.15, 0.2) is 0 Å². The Morgan fingerprint density at radius 2 is 2.21 bits per heavy atom. The van der Waals surface area contributed by atoms with Gasteiger partial charge in [-0.15, -0.1) is 0 Å².